The van der Waals surface area contributed by atoms with Gasteiger partial charge in [-0.15, -0.1) is 0 Å². The van der Waals surface area contributed by atoms with Crippen LogP contribution >= 0.6 is 23.5 Å². The Balaban J connectivity index is 1.40. The van der Waals surface area contributed by atoms with Crippen LogP contribution in [0.25, 0.3) is 11.3 Å². The molecule has 2 aromatic heterocycles. The Morgan fingerprint density at radius 1 is 1.00 bits per heavy atom. The zero-order valence-corrected chi connectivity index (χ0v) is 25.6. The number of anilines is 1. The lowest BCUT2D eigenvalue weighted by Crippen LogP contribution is -2.35. The molecule has 41 heavy (non-hydrogen) atoms. The summed E-state index contributed by atoms with van der Waals surface area (Å²) in [6.07, 6.45) is 7.72. The molecule has 1 aliphatic carbocycles. The first kappa shape index (κ1) is 28.0. The van der Waals surface area contributed by atoms with Crippen LogP contribution in [0, 0.1) is 31.1 Å². The molecule has 4 bridgehead atoms. The number of halogens is 1. The molecule has 1 fully saturated rings. The minimum atomic E-state index is 0.186. The summed E-state index contributed by atoms with van der Waals surface area (Å²) in [5, 5.41) is 0.422. The van der Waals surface area contributed by atoms with Crippen molar-refractivity contribution in [3.05, 3.63) is 88.5 Å². The summed E-state index contributed by atoms with van der Waals surface area (Å²) in [5.74, 6) is 2.24. The molecule has 2 unspecified atom stereocenters. The van der Waals surface area contributed by atoms with E-state index in [0.717, 1.165) is 34.7 Å². The van der Waals surface area contributed by atoms with E-state index >= 15 is 0 Å². The van der Waals surface area contributed by atoms with Gasteiger partial charge in [-0.2, -0.15) is 4.98 Å². The van der Waals surface area contributed by atoms with Crippen molar-refractivity contribution < 1.29 is 4.74 Å². The molecule has 1 saturated carbocycles. The fourth-order valence-corrected chi connectivity index (χ4v) is 7.51. The van der Waals surface area contributed by atoms with Gasteiger partial charge in [0, 0.05) is 28.6 Å². The third kappa shape index (κ3) is 6.52. The van der Waals surface area contributed by atoms with E-state index < -0.39 is 0 Å². The first-order valence-corrected chi connectivity index (χ1v) is 15.5. The van der Waals surface area contributed by atoms with E-state index in [4.69, 9.17) is 26.3 Å². The summed E-state index contributed by atoms with van der Waals surface area (Å²) in [6, 6.07) is 17.1. The van der Waals surface area contributed by atoms with Crippen molar-refractivity contribution in [2.45, 2.75) is 64.2 Å². The molecule has 2 aromatic carbocycles. The average molecular weight is 586 g/mol. The lowest BCUT2D eigenvalue weighted by atomic mass is 9.61. The van der Waals surface area contributed by atoms with Crippen LogP contribution in [-0.2, 0) is 6.42 Å². The minimum Gasteiger partial charge on any atom is -0.477 e. The van der Waals surface area contributed by atoms with E-state index in [1.165, 1.54) is 41.5 Å². The summed E-state index contributed by atoms with van der Waals surface area (Å²) in [5.41, 5.74) is 6.91. The molecule has 0 radical (unpaired) electrons. The van der Waals surface area contributed by atoms with Gasteiger partial charge >= 0.3 is 0 Å². The molecule has 6 rings (SSSR count). The highest BCUT2D eigenvalue weighted by Crippen LogP contribution is 2.49. The fraction of sp³-hybridized carbons (Fsp3) is 0.394. The summed E-state index contributed by atoms with van der Waals surface area (Å²) in [4.78, 5) is 19.7. The maximum absolute atomic E-state index is 6.60. The first-order valence-electron chi connectivity index (χ1n) is 14.3. The fourth-order valence-electron chi connectivity index (χ4n) is 6.70. The van der Waals surface area contributed by atoms with E-state index in [0.29, 0.717) is 34.9 Å². The van der Waals surface area contributed by atoms with Gasteiger partial charge in [0.15, 0.2) is 0 Å². The van der Waals surface area contributed by atoms with Crippen molar-refractivity contribution in [3.8, 4) is 17.1 Å². The van der Waals surface area contributed by atoms with E-state index in [1.54, 1.807) is 6.20 Å². The van der Waals surface area contributed by atoms with Gasteiger partial charge < -0.3 is 4.74 Å². The Labute approximate surface area is 251 Å². The van der Waals surface area contributed by atoms with Crippen molar-refractivity contribution in [1.29, 1.82) is 0 Å². The molecule has 2 aliphatic rings. The van der Waals surface area contributed by atoms with Crippen molar-refractivity contribution in [2.24, 2.45) is 17.3 Å². The van der Waals surface area contributed by atoms with Crippen LogP contribution < -0.4 is 9.46 Å². The van der Waals surface area contributed by atoms with Crippen molar-refractivity contribution >= 4 is 29.5 Å². The number of aryl methyl sites for hydroxylation is 2. The predicted molar refractivity (Wildman–Crippen MR) is 166 cm³/mol. The molecule has 8 heteroatoms. The second-order valence-corrected chi connectivity index (χ2v) is 13.6. The third-order valence-corrected chi connectivity index (χ3v) is 9.36. The van der Waals surface area contributed by atoms with E-state index in [2.05, 4.69) is 84.8 Å². The maximum atomic E-state index is 6.60. The summed E-state index contributed by atoms with van der Waals surface area (Å²) in [7, 11) is 0. The number of fused-ring (bicyclic) bond motifs is 4. The highest BCUT2D eigenvalue weighted by Gasteiger charge is 2.39. The number of hydrogen-bond acceptors (Lipinski definition) is 7. The van der Waals surface area contributed by atoms with Crippen LogP contribution in [0.3, 0.4) is 0 Å². The lowest BCUT2D eigenvalue weighted by molar-refractivity contribution is 0.0601. The van der Waals surface area contributed by atoms with Gasteiger partial charge in [-0.1, -0.05) is 55.8 Å². The highest BCUT2D eigenvalue weighted by atomic mass is 35.5. The van der Waals surface area contributed by atoms with Crippen LogP contribution in [0.15, 0.2) is 65.8 Å². The number of benzene rings is 2. The van der Waals surface area contributed by atoms with Gasteiger partial charge in [0.25, 0.3) is 0 Å². The molecular weight excluding hydrogens is 550 g/mol. The van der Waals surface area contributed by atoms with E-state index in [1.807, 2.05) is 12.3 Å². The van der Waals surface area contributed by atoms with Gasteiger partial charge in [-0.3, -0.25) is 9.71 Å². The Kier molecular flexibility index (Phi) is 7.92. The van der Waals surface area contributed by atoms with Gasteiger partial charge in [-0.25, -0.2) is 9.97 Å². The predicted octanol–water partition coefficient (Wildman–Crippen LogP) is 8.48. The summed E-state index contributed by atoms with van der Waals surface area (Å²) in [6.45, 7) is 9.53. The summed E-state index contributed by atoms with van der Waals surface area (Å²) < 4.78 is 9.97. The highest BCUT2D eigenvalue weighted by molar-refractivity contribution is 8.00. The normalized spacial score (nSPS) is 20.1. The van der Waals surface area contributed by atoms with Crippen LogP contribution in [0.1, 0.15) is 61.4 Å². The topological polar surface area (TPSA) is 72.8 Å². The molecule has 2 atom stereocenters. The van der Waals surface area contributed by atoms with Gasteiger partial charge in [0.1, 0.15) is 5.15 Å². The molecule has 1 N–H and O–H groups in total. The van der Waals surface area contributed by atoms with Crippen LogP contribution in [-0.4, -0.2) is 26.5 Å². The SMILES string of the molecule is Cc1cccc(C)c1-c1cc2nc(n1)NSc1cccc(c1)C(Cc1cncc(Cl)n1)C(CC1CC(C)(C)C1)CO2. The average Bonchev–Trinajstić information content (AvgIpc) is 2.91. The standard InChI is InChI=1S/C33H36ClN5OS/c1-20-7-5-8-21(2)31(20)28-14-30-38-32(37-28)39-41-26-10-6-9-23(12-26)27(13-25-17-35-18-29(34)36-25)24(19-40-30)11-22-15-33(3,4)16-22/h5-10,12,14,17-18,22,24,27H,11,13,15-16,19H2,1-4H3,(H,37,38,39). The Morgan fingerprint density at radius 3 is 2.54 bits per heavy atom. The van der Waals surface area contributed by atoms with Crippen LogP contribution in [0.4, 0.5) is 5.95 Å². The number of hydrogen-bond donors (Lipinski definition) is 1. The molecule has 4 aromatic rings. The molecular formula is C33H36ClN5OS. The van der Waals surface area contributed by atoms with E-state index in [9.17, 15) is 0 Å². The third-order valence-electron chi connectivity index (χ3n) is 8.40. The zero-order chi connectivity index (χ0) is 28.6. The second-order valence-electron chi connectivity index (χ2n) is 12.3. The maximum Gasteiger partial charge on any atom is 0.237 e. The van der Waals surface area contributed by atoms with Crippen molar-refractivity contribution in [1.82, 2.24) is 19.9 Å². The zero-order valence-electron chi connectivity index (χ0n) is 24.0. The van der Waals surface area contributed by atoms with Gasteiger partial charge in [-0.05, 0) is 97.6 Å². The molecule has 0 spiro atoms. The monoisotopic (exact) mass is 585 g/mol. The number of nitrogens with one attached hydrogen (secondary N) is 1. The Hall–Kier alpha value is -3.16. The number of ether oxygens (including phenoxy) is 1. The van der Waals surface area contributed by atoms with Crippen molar-refractivity contribution in [3.63, 3.8) is 0 Å². The first-order chi connectivity index (χ1) is 19.7. The quantitative estimate of drug-likeness (QED) is 0.235. The minimum absolute atomic E-state index is 0.186. The molecule has 212 valence electrons. The van der Waals surface area contributed by atoms with Gasteiger partial charge in [0.05, 0.1) is 24.2 Å². The largest absolute Gasteiger partial charge is 0.477 e. The number of nitrogens with zero attached hydrogens (tertiary/aromatic N) is 4. The molecule has 0 amide bonds. The lowest BCUT2D eigenvalue weighted by Gasteiger charge is -2.45. The van der Waals surface area contributed by atoms with Crippen molar-refractivity contribution in [2.75, 3.05) is 11.3 Å². The summed E-state index contributed by atoms with van der Waals surface area (Å²) >= 11 is 7.78. The Morgan fingerprint density at radius 2 is 1.78 bits per heavy atom. The Bertz CT molecular complexity index is 1530. The number of aromatic nitrogens is 4. The molecule has 0 saturated heterocycles. The molecule has 6 nitrogen and oxygen atoms in total. The molecule has 3 heterocycles. The smallest absolute Gasteiger partial charge is 0.237 e. The van der Waals surface area contributed by atoms with E-state index in [-0.39, 0.29) is 11.8 Å². The number of rotatable bonds is 5. The second kappa shape index (κ2) is 11.6. The molecule has 1 aliphatic heterocycles. The van der Waals surface area contributed by atoms with Crippen LogP contribution in [0.2, 0.25) is 5.15 Å². The van der Waals surface area contributed by atoms with Gasteiger partial charge in [0.2, 0.25) is 11.8 Å². The van der Waals surface area contributed by atoms with Crippen LogP contribution in [0.5, 0.6) is 5.88 Å².